The lowest BCUT2D eigenvalue weighted by Gasteiger charge is -2.32. The van der Waals surface area contributed by atoms with Gasteiger partial charge in [0.2, 0.25) is 11.8 Å². The predicted octanol–water partition coefficient (Wildman–Crippen LogP) is 1.68. The molecule has 2 fully saturated rings. The first-order chi connectivity index (χ1) is 10.7. The lowest BCUT2D eigenvalue weighted by atomic mass is 10.0. The predicted molar refractivity (Wildman–Crippen MR) is 83.5 cm³/mol. The summed E-state index contributed by atoms with van der Waals surface area (Å²) < 4.78 is 5.34. The maximum atomic E-state index is 12.7. The van der Waals surface area contributed by atoms with Crippen LogP contribution in [0.2, 0.25) is 0 Å². The van der Waals surface area contributed by atoms with E-state index in [1.54, 1.807) is 9.80 Å². The van der Waals surface area contributed by atoms with Crippen LogP contribution in [0.1, 0.15) is 19.3 Å². The van der Waals surface area contributed by atoms with Gasteiger partial charge in [0, 0.05) is 38.5 Å². The topological polar surface area (TPSA) is 49.9 Å². The molecule has 0 saturated carbocycles. The van der Waals surface area contributed by atoms with Gasteiger partial charge in [-0.05, 0) is 31.4 Å². The Kier molecular flexibility index (Phi) is 4.43. The van der Waals surface area contributed by atoms with Gasteiger partial charge < -0.3 is 14.5 Å². The van der Waals surface area contributed by atoms with Crippen LogP contribution in [0.3, 0.4) is 0 Å². The quantitative estimate of drug-likeness (QED) is 0.798. The molecule has 1 unspecified atom stereocenters. The van der Waals surface area contributed by atoms with Gasteiger partial charge in [-0.2, -0.15) is 0 Å². The second-order valence-corrected chi connectivity index (χ2v) is 5.96. The fraction of sp³-hybridized carbons (Fsp3) is 0.529. The number of rotatable bonds is 3. The number of ether oxygens (including phenoxy) is 1. The lowest BCUT2D eigenvalue weighted by Crippen LogP contribution is -2.45. The first-order valence-corrected chi connectivity index (χ1v) is 7.89. The molecule has 2 amide bonds. The van der Waals surface area contributed by atoms with Crippen LogP contribution >= 0.6 is 0 Å². The van der Waals surface area contributed by atoms with Gasteiger partial charge in [0.05, 0.1) is 0 Å². The van der Waals surface area contributed by atoms with E-state index in [0.717, 1.165) is 18.5 Å². The molecular weight excluding hydrogens is 280 g/mol. The lowest BCUT2D eigenvalue weighted by molar-refractivity contribution is -0.141. The standard InChI is InChI=1S/C17H22N2O3/c1-18(13-8-11-22-12-9-13)16(20)15-7-10-19(17(15)21)14-5-3-2-4-6-14/h2-6,13,15H,7-12H2,1H3. The van der Waals surface area contributed by atoms with Crippen molar-refractivity contribution in [2.24, 2.45) is 5.92 Å². The smallest absolute Gasteiger partial charge is 0.239 e. The number of hydrogen-bond acceptors (Lipinski definition) is 3. The van der Waals surface area contributed by atoms with Crippen LogP contribution in [-0.4, -0.2) is 49.6 Å². The van der Waals surface area contributed by atoms with Crippen LogP contribution in [0.4, 0.5) is 5.69 Å². The summed E-state index contributed by atoms with van der Waals surface area (Å²) in [5.41, 5.74) is 0.872. The number of carbonyl (C=O) groups excluding carboxylic acids is 2. The van der Waals surface area contributed by atoms with Crippen molar-refractivity contribution in [3.63, 3.8) is 0 Å². The fourth-order valence-corrected chi connectivity index (χ4v) is 3.27. The van der Waals surface area contributed by atoms with Crippen LogP contribution in [0.25, 0.3) is 0 Å². The maximum absolute atomic E-state index is 12.7. The van der Waals surface area contributed by atoms with Crippen molar-refractivity contribution in [1.29, 1.82) is 0 Å². The Labute approximate surface area is 130 Å². The molecule has 0 bridgehead atoms. The number of hydrogen-bond donors (Lipinski definition) is 0. The first-order valence-electron chi connectivity index (χ1n) is 7.89. The number of carbonyl (C=O) groups is 2. The van der Waals surface area contributed by atoms with Crippen molar-refractivity contribution in [2.45, 2.75) is 25.3 Å². The SMILES string of the molecule is CN(C(=O)C1CCN(c2ccccc2)C1=O)C1CCOCC1. The fourth-order valence-electron chi connectivity index (χ4n) is 3.27. The normalized spacial score (nSPS) is 22.9. The van der Waals surface area contributed by atoms with E-state index in [-0.39, 0.29) is 17.9 Å². The third-order valence-corrected chi connectivity index (χ3v) is 4.66. The minimum atomic E-state index is -0.534. The summed E-state index contributed by atoms with van der Waals surface area (Å²) in [7, 11) is 1.82. The van der Waals surface area contributed by atoms with Gasteiger partial charge >= 0.3 is 0 Å². The molecule has 1 aromatic carbocycles. The number of nitrogens with zero attached hydrogens (tertiary/aromatic N) is 2. The molecule has 22 heavy (non-hydrogen) atoms. The monoisotopic (exact) mass is 302 g/mol. The second kappa shape index (κ2) is 6.48. The van der Waals surface area contributed by atoms with Gasteiger partial charge in [-0.25, -0.2) is 0 Å². The van der Waals surface area contributed by atoms with Gasteiger partial charge in [-0.3, -0.25) is 9.59 Å². The zero-order valence-corrected chi connectivity index (χ0v) is 12.9. The van der Waals surface area contributed by atoms with Crippen LogP contribution in [0.15, 0.2) is 30.3 Å². The summed E-state index contributed by atoms with van der Waals surface area (Å²) in [6, 6.07) is 9.75. The summed E-state index contributed by atoms with van der Waals surface area (Å²) >= 11 is 0. The molecule has 5 heteroatoms. The Hall–Kier alpha value is -1.88. The zero-order valence-electron chi connectivity index (χ0n) is 12.9. The summed E-state index contributed by atoms with van der Waals surface area (Å²) in [5, 5.41) is 0. The van der Waals surface area contributed by atoms with Crippen LogP contribution in [0.5, 0.6) is 0 Å². The number of amides is 2. The Balaban J connectivity index is 1.68. The third kappa shape index (κ3) is 2.86. The van der Waals surface area contributed by atoms with Crippen molar-refractivity contribution in [2.75, 3.05) is 31.7 Å². The minimum absolute atomic E-state index is 0.0460. The number of benzene rings is 1. The summed E-state index contributed by atoms with van der Waals surface area (Å²) in [6.45, 7) is 1.99. The molecule has 2 heterocycles. The number of anilines is 1. The minimum Gasteiger partial charge on any atom is -0.381 e. The number of para-hydroxylation sites is 1. The molecule has 1 aromatic rings. The largest absolute Gasteiger partial charge is 0.381 e. The van der Waals surface area contributed by atoms with E-state index in [2.05, 4.69) is 0 Å². The van der Waals surface area contributed by atoms with Crippen molar-refractivity contribution in [3.8, 4) is 0 Å². The molecule has 118 valence electrons. The van der Waals surface area contributed by atoms with Crippen LogP contribution < -0.4 is 4.90 Å². The van der Waals surface area contributed by atoms with Crippen molar-refractivity contribution >= 4 is 17.5 Å². The van der Waals surface area contributed by atoms with Crippen molar-refractivity contribution in [3.05, 3.63) is 30.3 Å². The maximum Gasteiger partial charge on any atom is 0.239 e. The Morgan fingerprint density at radius 1 is 1.18 bits per heavy atom. The summed E-state index contributed by atoms with van der Waals surface area (Å²) in [5.74, 6) is -0.654. The van der Waals surface area contributed by atoms with Gasteiger partial charge in [0.15, 0.2) is 0 Å². The van der Waals surface area contributed by atoms with Crippen LogP contribution in [0, 0.1) is 5.92 Å². The van der Waals surface area contributed by atoms with E-state index < -0.39 is 5.92 Å². The molecule has 1 atom stereocenters. The Bertz CT molecular complexity index is 540. The molecule has 0 aliphatic carbocycles. The highest BCUT2D eigenvalue weighted by Gasteiger charge is 2.40. The molecule has 2 saturated heterocycles. The zero-order chi connectivity index (χ0) is 15.5. The van der Waals surface area contributed by atoms with Gasteiger partial charge in [-0.15, -0.1) is 0 Å². The van der Waals surface area contributed by atoms with E-state index >= 15 is 0 Å². The summed E-state index contributed by atoms with van der Waals surface area (Å²) in [4.78, 5) is 28.7. The molecule has 0 radical (unpaired) electrons. The average molecular weight is 302 g/mol. The second-order valence-electron chi connectivity index (χ2n) is 5.96. The van der Waals surface area contributed by atoms with Gasteiger partial charge in [0.1, 0.15) is 5.92 Å². The van der Waals surface area contributed by atoms with Crippen molar-refractivity contribution < 1.29 is 14.3 Å². The summed E-state index contributed by atoms with van der Waals surface area (Å²) in [6.07, 6.45) is 2.30. The molecule has 5 nitrogen and oxygen atoms in total. The van der Waals surface area contributed by atoms with Crippen LogP contribution in [-0.2, 0) is 14.3 Å². The molecule has 0 spiro atoms. The highest BCUT2D eigenvalue weighted by molar-refractivity contribution is 6.09. The van der Waals surface area contributed by atoms with E-state index in [9.17, 15) is 9.59 Å². The van der Waals surface area contributed by atoms with Crippen molar-refractivity contribution in [1.82, 2.24) is 4.90 Å². The van der Waals surface area contributed by atoms with Gasteiger partial charge in [-0.1, -0.05) is 18.2 Å². The van der Waals surface area contributed by atoms with E-state index in [1.165, 1.54) is 0 Å². The van der Waals surface area contributed by atoms with E-state index in [1.807, 2.05) is 37.4 Å². The van der Waals surface area contributed by atoms with E-state index in [0.29, 0.717) is 26.2 Å². The average Bonchev–Trinajstić information content (AvgIpc) is 2.96. The Morgan fingerprint density at radius 3 is 2.55 bits per heavy atom. The van der Waals surface area contributed by atoms with E-state index in [4.69, 9.17) is 4.74 Å². The molecule has 0 N–H and O–H groups in total. The Morgan fingerprint density at radius 2 is 1.86 bits per heavy atom. The first kappa shape index (κ1) is 15.0. The third-order valence-electron chi connectivity index (χ3n) is 4.66. The highest BCUT2D eigenvalue weighted by Crippen LogP contribution is 2.27. The molecule has 2 aliphatic heterocycles. The molecule has 2 aliphatic rings. The molecule has 0 aromatic heterocycles. The molecular formula is C17H22N2O3. The highest BCUT2D eigenvalue weighted by atomic mass is 16.5. The van der Waals surface area contributed by atoms with Gasteiger partial charge in [0.25, 0.3) is 0 Å². The molecule has 3 rings (SSSR count).